The summed E-state index contributed by atoms with van der Waals surface area (Å²) in [4.78, 5) is 20.6. The number of pyridine rings is 1. The average molecular weight is 298 g/mol. The topological polar surface area (TPSA) is 88.0 Å². The summed E-state index contributed by atoms with van der Waals surface area (Å²) in [5.74, 6) is 0.578. The zero-order chi connectivity index (χ0) is 15.7. The summed E-state index contributed by atoms with van der Waals surface area (Å²) in [6, 6.07) is 3.85. The van der Waals surface area contributed by atoms with Gasteiger partial charge in [-0.3, -0.25) is 4.98 Å². The molecule has 0 amide bonds. The van der Waals surface area contributed by atoms with Crippen LogP contribution in [0.1, 0.15) is 32.0 Å². The lowest BCUT2D eigenvalue weighted by Gasteiger charge is -2.19. The summed E-state index contributed by atoms with van der Waals surface area (Å²) in [5, 5.41) is 9.73. The third kappa shape index (κ3) is 2.69. The minimum Gasteiger partial charge on any atom is -0.363 e. The summed E-state index contributed by atoms with van der Waals surface area (Å²) in [6.45, 7) is 6.72. The molecule has 0 aliphatic heterocycles. The number of H-pyrrole nitrogens is 1. The molecule has 0 unspecified atom stereocenters. The molecular formula is C15H18N6O. The van der Waals surface area contributed by atoms with Crippen LogP contribution in [0.2, 0.25) is 0 Å². The Labute approximate surface area is 127 Å². The fraction of sp³-hybridized carbons (Fsp3) is 0.333. The second kappa shape index (κ2) is 5.25. The van der Waals surface area contributed by atoms with Gasteiger partial charge in [-0.1, -0.05) is 26.8 Å². The van der Waals surface area contributed by atoms with E-state index in [1.165, 1.54) is 4.40 Å². The smallest absolute Gasteiger partial charge is 0.347 e. The summed E-state index contributed by atoms with van der Waals surface area (Å²) < 4.78 is 1.49. The maximum Gasteiger partial charge on any atom is 0.347 e. The largest absolute Gasteiger partial charge is 0.363 e. The van der Waals surface area contributed by atoms with Crippen LogP contribution in [0.3, 0.4) is 0 Å². The van der Waals surface area contributed by atoms with Gasteiger partial charge in [-0.05, 0) is 11.6 Å². The molecule has 0 radical (unpaired) electrons. The van der Waals surface area contributed by atoms with Crippen molar-refractivity contribution in [1.82, 2.24) is 24.6 Å². The van der Waals surface area contributed by atoms with E-state index in [2.05, 4.69) is 46.3 Å². The van der Waals surface area contributed by atoms with Crippen molar-refractivity contribution in [3.63, 3.8) is 0 Å². The van der Waals surface area contributed by atoms with Crippen molar-refractivity contribution in [2.24, 2.45) is 0 Å². The van der Waals surface area contributed by atoms with Crippen molar-refractivity contribution >= 4 is 11.5 Å². The van der Waals surface area contributed by atoms with Crippen molar-refractivity contribution in [3.8, 4) is 0 Å². The van der Waals surface area contributed by atoms with Gasteiger partial charge in [-0.2, -0.15) is 0 Å². The maximum absolute atomic E-state index is 11.9. The molecule has 0 aliphatic carbocycles. The third-order valence-electron chi connectivity index (χ3n) is 3.35. The van der Waals surface area contributed by atoms with E-state index in [1.54, 1.807) is 18.6 Å². The molecule has 22 heavy (non-hydrogen) atoms. The Hall–Kier alpha value is -2.70. The number of hydrogen-bond acceptors (Lipinski definition) is 5. The number of nitrogens with one attached hydrogen (secondary N) is 2. The van der Waals surface area contributed by atoms with Gasteiger partial charge in [-0.25, -0.2) is 19.3 Å². The molecule has 0 aliphatic rings. The molecule has 2 N–H and O–H groups in total. The second-order valence-electron chi connectivity index (χ2n) is 6.16. The van der Waals surface area contributed by atoms with Gasteiger partial charge in [0.25, 0.3) is 0 Å². The first-order valence-electron chi connectivity index (χ1n) is 7.06. The number of hydrogen-bond donors (Lipinski definition) is 2. The van der Waals surface area contributed by atoms with Gasteiger partial charge in [-0.15, -0.1) is 5.10 Å². The molecule has 0 aromatic carbocycles. The van der Waals surface area contributed by atoms with Gasteiger partial charge in [0.1, 0.15) is 0 Å². The predicted molar refractivity (Wildman–Crippen MR) is 83.9 cm³/mol. The number of rotatable bonds is 3. The fourth-order valence-electron chi connectivity index (χ4n) is 2.08. The van der Waals surface area contributed by atoms with Crippen LogP contribution in [-0.4, -0.2) is 24.6 Å². The molecule has 3 aromatic rings. The van der Waals surface area contributed by atoms with Crippen molar-refractivity contribution in [2.45, 2.75) is 32.7 Å². The van der Waals surface area contributed by atoms with Gasteiger partial charge in [0.2, 0.25) is 5.65 Å². The molecule has 114 valence electrons. The Kier molecular flexibility index (Phi) is 3.40. The first kappa shape index (κ1) is 14.2. The molecule has 0 atom stereocenters. The van der Waals surface area contributed by atoms with Gasteiger partial charge in [0.15, 0.2) is 5.82 Å². The Balaban J connectivity index is 2.02. The lowest BCUT2D eigenvalue weighted by Crippen LogP contribution is -2.19. The van der Waals surface area contributed by atoms with E-state index >= 15 is 0 Å². The van der Waals surface area contributed by atoms with Crippen molar-refractivity contribution in [3.05, 3.63) is 52.5 Å². The van der Waals surface area contributed by atoms with E-state index in [4.69, 9.17) is 0 Å². The average Bonchev–Trinajstić information content (AvgIpc) is 2.87. The molecule has 0 spiro atoms. The second-order valence-corrected chi connectivity index (χ2v) is 6.16. The van der Waals surface area contributed by atoms with E-state index in [1.807, 2.05) is 12.1 Å². The highest BCUT2D eigenvalue weighted by atomic mass is 16.1. The highest BCUT2D eigenvalue weighted by Gasteiger charge is 2.19. The lowest BCUT2D eigenvalue weighted by molar-refractivity contribution is 0.565. The molecule has 0 fully saturated rings. The highest BCUT2D eigenvalue weighted by Crippen LogP contribution is 2.23. The SMILES string of the molecule is CC(C)(C)c1cn2c(=O)[nH]nc2c(NCc2cccnc2)n1. The number of aromatic nitrogens is 5. The van der Waals surface area contributed by atoms with E-state index in [-0.39, 0.29) is 11.1 Å². The van der Waals surface area contributed by atoms with Crippen LogP contribution >= 0.6 is 0 Å². The van der Waals surface area contributed by atoms with Crippen molar-refractivity contribution < 1.29 is 0 Å². The van der Waals surface area contributed by atoms with Gasteiger partial charge in [0, 0.05) is 30.6 Å². The normalized spacial score (nSPS) is 11.8. The molecule has 3 heterocycles. The first-order valence-corrected chi connectivity index (χ1v) is 7.06. The van der Waals surface area contributed by atoms with Crippen LogP contribution in [-0.2, 0) is 12.0 Å². The molecule has 7 nitrogen and oxygen atoms in total. The monoisotopic (exact) mass is 298 g/mol. The number of aromatic amines is 1. The molecule has 3 aromatic heterocycles. The molecule has 0 bridgehead atoms. The number of fused-ring (bicyclic) bond motifs is 1. The molecule has 0 saturated carbocycles. The quantitative estimate of drug-likeness (QED) is 0.768. The third-order valence-corrected chi connectivity index (χ3v) is 3.35. The summed E-state index contributed by atoms with van der Waals surface area (Å²) in [6.07, 6.45) is 5.25. The minimum absolute atomic E-state index is 0.171. The minimum atomic E-state index is -0.271. The van der Waals surface area contributed by atoms with Crippen LogP contribution in [0.4, 0.5) is 5.82 Å². The molecule has 7 heteroatoms. The van der Waals surface area contributed by atoms with Gasteiger partial charge >= 0.3 is 5.69 Å². The van der Waals surface area contributed by atoms with Crippen LogP contribution in [0.15, 0.2) is 35.5 Å². The van der Waals surface area contributed by atoms with E-state index in [0.29, 0.717) is 18.0 Å². The van der Waals surface area contributed by atoms with Gasteiger partial charge < -0.3 is 5.32 Å². The highest BCUT2D eigenvalue weighted by molar-refractivity contribution is 5.62. The molecule has 3 rings (SSSR count). The van der Waals surface area contributed by atoms with Gasteiger partial charge in [0.05, 0.1) is 5.69 Å². The van der Waals surface area contributed by atoms with E-state index < -0.39 is 0 Å². The Morgan fingerprint density at radius 3 is 2.86 bits per heavy atom. The van der Waals surface area contributed by atoms with Crippen LogP contribution in [0, 0.1) is 0 Å². The molecular weight excluding hydrogens is 280 g/mol. The maximum atomic E-state index is 11.9. The number of anilines is 1. The summed E-state index contributed by atoms with van der Waals surface area (Å²) in [5.41, 5.74) is 1.89. The Morgan fingerprint density at radius 2 is 2.18 bits per heavy atom. The van der Waals surface area contributed by atoms with E-state index in [9.17, 15) is 4.79 Å². The fourth-order valence-corrected chi connectivity index (χ4v) is 2.08. The van der Waals surface area contributed by atoms with Crippen molar-refractivity contribution in [2.75, 3.05) is 5.32 Å². The predicted octanol–water partition coefficient (Wildman–Crippen LogP) is 1.72. The van der Waals surface area contributed by atoms with Crippen LogP contribution in [0.5, 0.6) is 0 Å². The standard InChI is InChI=1S/C15H18N6O/c1-15(2,3)11-9-21-13(19-20-14(21)22)12(18-11)17-8-10-5-4-6-16-7-10/h4-7,9H,8H2,1-3H3,(H,17,18)(H,20,22). The first-order chi connectivity index (χ1) is 10.4. The Bertz CT molecular complexity index is 844. The van der Waals surface area contributed by atoms with E-state index in [0.717, 1.165) is 11.3 Å². The van der Waals surface area contributed by atoms with Crippen LogP contribution < -0.4 is 11.0 Å². The summed E-state index contributed by atoms with van der Waals surface area (Å²) >= 11 is 0. The molecule has 0 saturated heterocycles. The van der Waals surface area contributed by atoms with Crippen LogP contribution in [0.25, 0.3) is 5.65 Å². The number of nitrogens with zero attached hydrogens (tertiary/aromatic N) is 4. The summed E-state index contributed by atoms with van der Waals surface area (Å²) in [7, 11) is 0. The zero-order valence-electron chi connectivity index (χ0n) is 12.8. The zero-order valence-corrected chi connectivity index (χ0v) is 12.8. The Morgan fingerprint density at radius 1 is 1.36 bits per heavy atom. The lowest BCUT2D eigenvalue weighted by atomic mass is 9.93. The van der Waals surface area contributed by atoms with Crippen molar-refractivity contribution in [1.29, 1.82) is 0 Å².